The van der Waals surface area contributed by atoms with Crippen molar-refractivity contribution in [1.82, 2.24) is 0 Å². The minimum Gasteiger partial charge on any atom is -0.456 e. The number of carbonyl (C=O) groups is 1. The van der Waals surface area contributed by atoms with Gasteiger partial charge in [-0.05, 0) is 55.5 Å². The lowest BCUT2D eigenvalue weighted by Crippen LogP contribution is -2.86. The number of hydrogen-bond donors (Lipinski definition) is 1. The number of quaternary nitrogens is 1. The Kier molecular flexibility index (Phi) is 8.71. The molecular formula is C28H40NO2+. The summed E-state index contributed by atoms with van der Waals surface area (Å²) in [5, 5.41) is 2.34. The molecule has 1 aliphatic heterocycles. The smallest absolute Gasteiger partial charge is 0.338 e. The maximum atomic E-state index is 12.7. The summed E-state index contributed by atoms with van der Waals surface area (Å²) in [7, 11) is 0. The standard InChI is InChI=1S/C28H39NO2/c1-4-5-6-7-8-9-22-10-12-23(13-11-22)24-14-16-25(17-15-24)27(30)31-28(2,3)26-18-20-29-21-19-26/h10-17,26,29H,4-9,18-21H2,1-3H3/p+1. The van der Waals surface area contributed by atoms with Crippen molar-refractivity contribution in [2.75, 3.05) is 13.1 Å². The zero-order valence-electron chi connectivity index (χ0n) is 19.7. The van der Waals surface area contributed by atoms with Crippen LogP contribution in [0.4, 0.5) is 0 Å². The van der Waals surface area contributed by atoms with Crippen molar-refractivity contribution in [3.05, 3.63) is 59.7 Å². The Labute approximate surface area is 188 Å². The molecule has 0 aromatic heterocycles. The lowest BCUT2D eigenvalue weighted by molar-refractivity contribution is -0.665. The molecule has 0 bridgehead atoms. The van der Waals surface area contributed by atoms with Crippen molar-refractivity contribution in [1.29, 1.82) is 0 Å². The van der Waals surface area contributed by atoms with E-state index in [9.17, 15) is 4.79 Å². The number of rotatable bonds is 10. The molecule has 2 N–H and O–H groups in total. The van der Waals surface area contributed by atoms with Crippen molar-refractivity contribution in [3.63, 3.8) is 0 Å². The third-order valence-corrected chi connectivity index (χ3v) is 6.75. The van der Waals surface area contributed by atoms with Gasteiger partial charge in [-0.15, -0.1) is 0 Å². The highest BCUT2D eigenvalue weighted by Crippen LogP contribution is 2.29. The van der Waals surface area contributed by atoms with Crippen LogP contribution in [0.5, 0.6) is 0 Å². The Morgan fingerprint density at radius 2 is 1.48 bits per heavy atom. The predicted octanol–water partition coefficient (Wildman–Crippen LogP) is 5.78. The van der Waals surface area contributed by atoms with E-state index in [1.54, 1.807) is 0 Å². The van der Waals surface area contributed by atoms with Crippen LogP contribution in [0.3, 0.4) is 0 Å². The Balaban J connectivity index is 1.55. The van der Waals surface area contributed by atoms with E-state index in [2.05, 4.69) is 50.4 Å². The van der Waals surface area contributed by atoms with Gasteiger partial charge in [-0.25, -0.2) is 4.79 Å². The molecule has 3 rings (SSSR count). The van der Waals surface area contributed by atoms with E-state index < -0.39 is 5.60 Å². The average Bonchev–Trinajstić information content (AvgIpc) is 2.80. The second-order valence-corrected chi connectivity index (χ2v) is 9.57. The fourth-order valence-corrected chi connectivity index (χ4v) is 4.60. The highest BCUT2D eigenvalue weighted by atomic mass is 16.6. The molecule has 0 aliphatic carbocycles. The predicted molar refractivity (Wildman–Crippen MR) is 128 cm³/mol. The minimum atomic E-state index is -0.420. The van der Waals surface area contributed by atoms with Crippen molar-refractivity contribution < 1.29 is 14.8 Å². The van der Waals surface area contributed by atoms with Gasteiger partial charge in [-0.2, -0.15) is 0 Å². The first-order valence-corrected chi connectivity index (χ1v) is 12.2. The summed E-state index contributed by atoms with van der Waals surface area (Å²) in [5.41, 5.74) is 3.93. The minimum absolute atomic E-state index is 0.218. The maximum Gasteiger partial charge on any atom is 0.338 e. The molecule has 3 nitrogen and oxygen atoms in total. The first-order valence-electron chi connectivity index (χ1n) is 12.2. The topological polar surface area (TPSA) is 42.9 Å². The highest BCUT2D eigenvalue weighted by molar-refractivity contribution is 5.90. The van der Waals surface area contributed by atoms with Crippen LogP contribution in [0.25, 0.3) is 11.1 Å². The van der Waals surface area contributed by atoms with Gasteiger partial charge in [0.2, 0.25) is 0 Å². The van der Waals surface area contributed by atoms with Crippen LogP contribution >= 0.6 is 0 Å². The second-order valence-electron chi connectivity index (χ2n) is 9.57. The molecule has 31 heavy (non-hydrogen) atoms. The largest absolute Gasteiger partial charge is 0.456 e. The van der Waals surface area contributed by atoms with Crippen molar-refractivity contribution >= 4 is 5.97 Å². The van der Waals surface area contributed by atoms with E-state index in [0.29, 0.717) is 11.5 Å². The highest BCUT2D eigenvalue weighted by Gasteiger charge is 2.35. The number of hydrogen-bond acceptors (Lipinski definition) is 2. The molecule has 0 saturated carbocycles. The third kappa shape index (κ3) is 6.93. The SMILES string of the molecule is CCCCCCCc1ccc(-c2ccc(C(=O)OC(C)(C)C3CC[NH2+]CC3)cc2)cc1. The van der Waals surface area contributed by atoms with Crippen LogP contribution in [-0.4, -0.2) is 24.7 Å². The Hall–Kier alpha value is -2.13. The molecule has 1 heterocycles. The molecule has 2 aromatic carbocycles. The maximum absolute atomic E-state index is 12.7. The number of aryl methyl sites for hydroxylation is 1. The second kappa shape index (κ2) is 11.5. The van der Waals surface area contributed by atoms with E-state index in [0.717, 1.165) is 37.9 Å². The lowest BCUT2D eigenvalue weighted by Gasteiger charge is -2.35. The lowest BCUT2D eigenvalue weighted by atomic mass is 9.83. The number of piperidine rings is 1. The molecule has 1 saturated heterocycles. The van der Waals surface area contributed by atoms with Crippen LogP contribution < -0.4 is 5.32 Å². The molecule has 0 amide bonds. The summed E-state index contributed by atoms with van der Waals surface area (Å²) in [6.07, 6.45) is 9.95. The first-order chi connectivity index (χ1) is 15.0. The average molecular weight is 423 g/mol. The number of ether oxygens (including phenoxy) is 1. The number of unbranched alkanes of at least 4 members (excludes halogenated alkanes) is 4. The van der Waals surface area contributed by atoms with Gasteiger partial charge >= 0.3 is 5.97 Å². The van der Waals surface area contributed by atoms with Gasteiger partial charge in [0.1, 0.15) is 5.60 Å². The van der Waals surface area contributed by atoms with Crippen LogP contribution in [-0.2, 0) is 11.2 Å². The number of benzene rings is 2. The van der Waals surface area contributed by atoms with Crippen molar-refractivity contribution in [2.24, 2.45) is 5.92 Å². The molecule has 0 atom stereocenters. The third-order valence-electron chi connectivity index (χ3n) is 6.75. The normalized spacial score (nSPS) is 15.1. The van der Waals surface area contributed by atoms with E-state index in [1.165, 1.54) is 43.2 Å². The van der Waals surface area contributed by atoms with Gasteiger partial charge < -0.3 is 10.1 Å². The molecular weight excluding hydrogens is 382 g/mol. The fraction of sp³-hybridized carbons (Fsp3) is 0.536. The van der Waals surface area contributed by atoms with Crippen LogP contribution in [0.15, 0.2) is 48.5 Å². The van der Waals surface area contributed by atoms with Crippen LogP contribution in [0.1, 0.15) is 81.6 Å². The molecule has 1 fully saturated rings. The quantitative estimate of drug-likeness (QED) is 0.390. The van der Waals surface area contributed by atoms with Gasteiger partial charge in [0.05, 0.1) is 18.7 Å². The molecule has 0 radical (unpaired) electrons. The zero-order valence-corrected chi connectivity index (χ0v) is 19.7. The van der Waals surface area contributed by atoms with E-state index in [1.807, 2.05) is 24.3 Å². The fourth-order valence-electron chi connectivity index (χ4n) is 4.60. The molecule has 1 aliphatic rings. The molecule has 2 aromatic rings. The van der Waals surface area contributed by atoms with E-state index in [-0.39, 0.29) is 5.97 Å². The number of esters is 1. The summed E-state index contributed by atoms with van der Waals surface area (Å²) in [6, 6.07) is 16.7. The van der Waals surface area contributed by atoms with Gasteiger partial charge in [0, 0.05) is 18.8 Å². The summed E-state index contributed by atoms with van der Waals surface area (Å²) >= 11 is 0. The van der Waals surface area contributed by atoms with Crippen LogP contribution in [0.2, 0.25) is 0 Å². The summed E-state index contributed by atoms with van der Waals surface area (Å²) < 4.78 is 5.93. The van der Waals surface area contributed by atoms with Gasteiger partial charge in [-0.1, -0.05) is 69.0 Å². The monoisotopic (exact) mass is 422 g/mol. The molecule has 0 spiro atoms. The summed E-state index contributed by atoms with van der Waals surface area (Å²) in [4.78, 5) is 12.7. The Bertz CT molecular complexity index is 802. The van der Waals surface area contributed by atoms with E-state index in [4.69, 9.17) is 4.74 Å². The Morgan fingerprint density at radius 3 is 2.10 bits per heavy atom. The number of carbonyl (C=O) groups excluding carboxylic acids is 1. The van der Waals surface area contributed by atoms with Gasteiger partial charge in [0.25, 0.3) is 0 Å². The molecule has 168 valence electrons. The summed E-state index contributed by atoms with van der Waals surface area (Å²) in [6.45, 7) is 8.61. The zero-order chi connectivity index (χ0) is 22.1. The molecule has 0 unspecified atom stereocenters. The van der Waals surface area contributed by atoms with Crippen molar-refractivity contribution in [2.45, 2.75) is 77.7 Å². The van der Waals surface area contributed by atoms with E-state index >= 15 is 0 Å². The van der Waals surface area contributed by atoms with Crippen molar-refractivity contribution in [3.8, 4) is 11.1 Å². The number of nitrogens with two attached hydrogens (primary N) is 1. The van der Waals surface area contributed by atoms with Gasteiger partial charge in [-0.3, -0.25) is 0 Å². The summed E-state index contributed by atoms with van der Waals surface area (Å²) in [5.74, 6) is 0.218. The van der Waals surface area contributed by atoms with Crippen LogP contribution in [0, 0.1) is 5.92 Å². The Morgan fingerprint density at radius 1 is 0.903 bits per heavy atom. The first kappa shape index (κ1) is 23.5. The van der Waals surface area contributed by atoms with Gasteiger partial charge in [0.15, 0.2) is 0 Å². The molecule has 3 heteroatoms.